The van der Waals surface area contributed by atoms with Crippen LogP contribution in [-0.4, -0.2) is 25.0 Å². The molecule has 0 radical (unpaired) electrons. The van der Waals surface area contributed by atoms with Gasteiger partial charge in [0, 0.05) is 27.9 Å². The molecular weight excluding hydrogens is 727 g/mol. The van der Waals surface area contributed by atoms with Gasteiger partial charge >= 0.3 is 7.07 Å². The molecule has 5 aromatic carbocycles. The summed E-state index contributed by atoms with van der Waals surface area (Å²) in [7, 11) is -0.644. The van der Waals surface area contributed by atoms with Crippen molar-refractivity contribution in [1.29, 1.82) is 0 Å². The Labute approximate surface area is 298 Å². The summed E-state index contributed by atoms with van der Waals surface area (Å²) in [6.07, 6.45) is 1.76. The van der Waals surface area contributed by atoms with Crippen molar-refractivity contribution in [2.75, 3.05) is 13.8 Å². The predicted octanol–water partition coefficient (Wildman–Crippen LogP) is 10.0. The molecule has 0 aliphatic heterocycles. The first-order chi connectivity index (χ1) is 23.9. The third-order valence-electron chi connectivity index (χ3n) is 6.98. The van der Waals surface area contributed by atoms with Crippen LogP contribution >= 0.6 is 39.0 Å². The summed E-state index contributed by atoms with van der Waals surface area (Å²) < 4.78 is 23.4. The van der Waals surface area contributed by atoms with Crippen molar-refractivity contribution in [2.24, 2.45) is 14.5 Å². The lowest BCUT2D eigenvalue weighted by Gasteiger charge is -2.23. The molecule has 0 aliphatic carbocycles. The first-order valence-electron chi connectivity index (χ1n) is 14.9. The maximum absolute atomic E-state index is 8.54. The van der Waals surface area contributed by atoms with E-state index in [-0.39, 0.29) is 15.2 Å². The van der Waals surface area contributed by atoms with Crippen molar-refractivity contribution < 1.29 is 13.8 Å². The molecule has 0 heterocycles. The predicted molar refractivity (Wildman–Crippen MR) is 216 cm³/mol. The van der Waals surface area contributed by atoms with E-state index >= 15 is 0 Å². The van der Waals surface area contributed by atoms with Gasteiger partial charge in [-0.3, -0.25) is 9.53 Å². The highest BCUT2D eigenvalue weighted by Gasteiger charge is 2.33. The highest BCUT2D eigenvalue weighted by Crippen LogP contribution is 2.63. The number of rotatable bonds is 15. The quantitative estimate of drug-likeness (QED) is 0.0201. The maximum Gasteiger partial charge on any atom is 0.545 e. The summed E-state index contributed by atoms with van der Waals surface area (Å²) in [6.45, 7) is 2.29. The van der Waals surface area contributed by atoms with E-state index < -0.39 is 21.6 Å². The lowest BCUT2D eigenvalue weighted by Crippen LogP contribution is -2.25. The van der Waals surface area contributed by atoms with Crippen molar-refractivity contribution in [3.63, 3.8) is 0 Å². The second kappa shape index (κ2) is 18.4. The topological polar surface area (TPSA) is 104 Å². The fourth-order valence-corrected chi connectivity index (χ4v) is 13.0. The zero-order valence-corrected chi connectivity index (χ0v) is 32.4. The van der Waals surface area contributed by atoms with Crippen LogP contribution in [0.4, 0.5) is 0 Å². The molecule has 0 fully saturated rings. The van der Waals surface area contributed by atoms with Gasteiger partial charge in [0.2, 0.25) is 11.8 Å². The Hall–Kier alpha value is -3.68. The molecule has 9 nitrogen and oxygen atoms in total. The van der Waals surface area contributed by atoms with E-state index in [9.17, 15) is 0 Å². The zero-order chi connectivity index (χ0) is 34.5. The third kappa shape index (κ3) is 10.4. The lowest BCUT2D eigenvalue weighted by atomic mass is 10.2. The monoisotopic (exact) mass is 761 g/mol. The fraction of sp³-hybridized carbons (Fsp3) is 0.0882. The SMILES string of the molecule is Cc1ccc(O[P+](=S)N=P(c2ccccc2)(c2ccccc2)c2ccc(OCN(C)N=Cc3ccc(OPP(P)N=[N+]=[N-])cc3)cc2)cc1. The molecule has 0 bridgehead atoms. The third-order valence-corrected chi connectivity index (χ3v) is 16.2. The van der Waals surface area contributed by atoms with Crippen LogP contribution in [0.5, 0.6) is 17.2 Å². The Kier molecular flexibility index (Phi) is 13.7. The highest BCUT2D eigenvalue weighted by atomic mass is 32.4. The Balaban J connectivity index is 1.33. The molecule has 0 aromatic heterocycles. The van der Waals surface area contributed by atoms with E-state index in [1.165, 1.54) is 0 Å². The van der Waals surface area contributed by atoms with E-state index in [1.807, 2.05) is 111 Å². The lowest BCUT2D eigenvalue weighted by molar-refractivity contribution is 0.158. The molecule has 0 spiro atoms. The maximum atomic E-state index is 8.54. The molecular formula is C34H34N6O3P5S+. The second-order valence-electron chi connectivity index (χ2n) is 10.5. The van der Waals surface area contributed by atoms with E-state index in [0.29, 0.717) is 17.2 Å². The smallest absolute Gasteiger partial charge is 0.472 e. The van der Waals surface area contributed by atoms with Crippen molar-refractivity contribution in [3.8, 4) is 17.2 Å². The Morgan fingerprint density at radius 3 is 1.98 bits per heavy atom. The number of hydrazone groups is 1. The minimum atomic E-state index is -2.57. The molecule has 5 aromatic rings. The number of nitrogens with zero attached hydrogens (tertiary/aromatic N) is 6. The first-order valence-corrected chi connectivity index (χ1v) is 23.5. The number of aryl methyl sites for hydroxylation is 1. The van der Waals surface area contributed by atoms with Gasteiger partial charge < -0.3 is 9.26 Å². The van der Waals surface area contributed by atoms with Crippen molar-refractivity contribution in [1.82, 2.24) is 5.01 Å². The zero-order valence-electron chi connectivity index (χ0n) is 26.7. The Morgan fingerprint density at radius 1 is 0.837 bits per heavy atom. The molecule has 15 heteroatoms. The molecule has 0 saturated carbocycles. The van der Waals surface area contributed by atoms with Crippen LogP contribution in [0.1, 0.15) is 11.1 Å². The van der Waals surface area contributed by atoms with E-state index in [1.54, 1.807) is 11.2 Å². The molecule has 5 rings (SSSR count). The number of benzene rings is 5. The average molecular weight is 762 g/mol. The number of azide groups is 1. The molecule has 49 heavy (non-hydrogen) atoms. The van der Waals surface area contributed by atoms with Gasteiger partial charge in [-0.25, -0.2) is 0 Å². The van der Waals surface area contributed by atoms with Gasteiger partial charge in [-0.15, -0.1) is 0 Å². The van der Waals surface area contributed by atoms with Crippen LogP contribution in [0.25, 0.3) is 10.4 Å². The fourth-order valence-electron chi connectivity index (χ4n) is 4.61. The molecule has 0 aliphatic rings. The Bertz CT molecular complexity index is 1920. The van der Waals surface area contributed by atoms with E-state index in [2.05, 4.69) is 60.2 Å². The molecule has 248 valence electrons. The molecule has 4 unspecified atom stereocenters. The number of hydrogen-bond donors (Lipinski definition) is 0. The summed E-state index contributed by atoms with van der Waals surface area (Å²) in [4.78, 5) is 6.47. The van der Waals surface area contributed by atoms with Crippen LogP contribution in [0, 0.1) is 6.92 Å². The van der Waals surface area contributed by atoms with Gasteiger partial charge in [0.15, 0.2) is 12.5 Å². The minimum absolute atomic E-state index is 0.0790. The van der Waals surface area contributed by atoms with Crippen molar-refractivity contribution >= 4 is 72.9 Å². The van der Waals surface area contributed by atoms with Crippen LogP contribution in [0.3, 0.4) is 0 Å². The largest absolute Gasteiger partial charge is 0.545 e. The van der Waals surface area contributed by atoms with Gasteiger partial charge in [-0.05, 0) is 83.2 Å². The Morgan fingerprint density at radius 2 is 1.39 bits per heavy atom. The summed E-state index contributed by atoms with van der Waals surface area (Å²) in [5, 5.41) is 9.46. The van der Waals surface area contributed by atoms with Crippen LogP contribution < -0.4 is 29.7 Å². The minimum Gasteiger partial charge on any atom is -0.472 e. The summed E-state index contributed by atoms with van der Waals surface area (Å²) >= 11 is 5.93. The normalized spacial score (nSPS) is 12.3. The number of hydrogen-bond acceptors (Lipinski definition) is 7. The van der Waals surface area contributed by atoms with Crippen molar-refractivity contribution in [3.05, 3.63) is 155 Å². The average Bonchev–Trinajstić information content (AvgIpc) is 3.14. The van der Waals surface area contributed by atoms with Crippen LogP contribution in [-0.2, 0) is 11.8 Å². The van der Waals surface area contributed by atoms with Crippen LogP contribution in [0.2, 0.25) is 0 Å². The summed E-state index contributed by atoms with van der Waals surface area (Å²) in [6, 6.07) is 44.2. The standard InChI is InChI=1S/C34H34N6O3P5S/c1-27-13-17-31(18-14-27)43-46(49)39-48(32-9-5-3-6-10-32,33-11-7-4-8-12-33)34-23-21-29(22-24-34)41-26-40(2)36-25-28-15-19-30(20-16-28)42-45-47(44)38-37-35/h3-25,45H,26,44H2,1-2H3/q+1. The van der Waals surface area contributed by atoms with Gasteiger partial charge in [0.1, 0.15) is 27.0 Å². The molecule has 0 N–H and O–H groups in total. The van der Waals surface area contributed by atoms with E-state index in [4.69, 9.17) is 35.6 Å². The summed E-state index contributed by atoms with van der Waals surface area (Å²) in [5.74, 6) is 2.13. The molecule has 0 saturated heterocycles. The second-order valence-corrected chi connectivity index (χ2v) is 21.8. The number of ether oxygens (including phenoxy) is 1. The van der Waals surface area contributed by atoms with E-state index in [0.717, 1.165) is 27.0 Å². The summed E-state index contributed by atoms with van der Waals surface area (Å²) in [5.41, 5.74) is 10.6. The van der Waals surface area contributed by atoms with Crippen molar-refractivity contribution in [2.45, 2.75) is 6.92 Å². The molecule has 0 amide bonds. The van der Waals surface area contributed by atoms with Crippen LogP contribution in [0.15, 0.2) is 148 Å². The molecule has 4 atom stereocenters. The van der Waals surface area contributed by atoms with Gasteiger partial charge in [0.25, 0.3) is 0 Å². The van der Waals surface area contributed by atoms with Gasteiger partial charge in [-0.2, -0.15) is 5.10 Å². The van der Waals surface area contributed by atoms with Gasteiger partial charge in [0.05, 0.1) is 13.7 Å². The first kappa shape index (κ1) is 36.6. The van der Waals surface area contributed by atoms with Gasteiger partial charge in [-0.1, -0.05) is 92.2 Å². The highest BCUT2D eigenvalue weighted by molar-refractivity contribution is 8.46.